The van der Waals surface area contributed by atoms with Crippen molar-refractivity contribution >= 4 is 11.3 Å². The van der Waals surface area contributed by atoms with Crippen LogP contribution in [0.3, 0.4) is 0 Å². The summed E-state index contributed by atoms with van der Waals surface area (Å²) >= 11 is 1.70. The van der Waals surface area contributed by atoms with Crippen LogP contribution in [0.25, 0.3) is 0 Å². The highest BCUT2D eigenvalue weighted by molar-refractivity contribution is 7.12. The molecule has 0 aliphatic carbocycles. The number of nitrogens with two attached hydrogens (primary N) is 1. The summed E-state index contributed by atoms with van der Waals surface area (Å²) in [4.78, 5) is 2.38. The SMILES string of the molecule is COc1cccc(C(N)c2ccc(C)s2)c1OC. The van der Waals surface area contributed by atoms with E-state index in [2.05, 4.69) is 19.1 Å². The highest BCUT2D eigenvalue weighted by Crippen LogP contribution is 2.37. The minimum Gasteiger partial charge on any atom is -0.493 e. The van der Waals surface area contributed by atoms with Gasteiger partial charge in [-0.2, -0.15) is 0 Å². The third-order valence-electron chi connectivity index (χ3n) is 2.84. The van der Waals surface area contributed by atoms with Crippen molar-refractivity contribution in [2.24, 2.45) is 5.73 Å². The molecule has 1 aromatic heterocycles. The summed E-state index contributed by atoms with van der Waals surface area (Å²) in [6.45, 7) is 2.07. The van der Waals surface area contributed by atoms with E-state index in [1.807, 2.05) is 18.2 Å². The number of methoxy groups -OCH3 is 2. The molecule has 0 bridgehead atoms. The van der Waals surface area contributed by atoms with E-state index in [-0.39, 0.29) is 6.04 Å². The van der Waals surface area contributed by atoms with Crippen LogP contribution in [0, 0.1) is 6.92 Å². The van der Waals surface area contributed by atoms with E-state index in [1.165, 1.54) is 4.88 Å². The fraction of sp³-hybridized carbons (Fsp3) is 0.286. The third kappa shape index (κ3) is 2.35. The number of ether oxygens (including phenoxy) is 2. The summed E-state index contributed by atoms with van der Waals surface area (Å²) in [5, 5.41) is 0. The fourth-order valence-electron chi connectivity index (χ4n) is 1.93. The minimum absolute atomic E-state index is 0.186. The van der Waals surface area contributed by atoms with Gasteiger partial charge in [-0.25, -0.2) is 0 Å². The number of rotatable bonds is 4. The Labute approximate surface area is 111 Å². The normalized spacial score (nSPS) is 12.2. The van der Waals surface area contributed by atoms with Crippen molar-refractivity contribution < 1.29 is 9.47 Å². The minimum atomic E-state index is -0.186. The Morgan fingerprint density at radius 1 is 1.11 bits per heavy atom. The van der Waals surface area contributed by atoms with Gasteiger partial charge in [0.05, 0.1) is 20.3 Å². The zero-order valence-electron chi connectivity index (χ0n) is 10.8. The van der Waals surface area contributed by atoms with Crippen LogP contribution >= 0.6 is 11.3 Å². The Hall–Kier alpha value is -1.52. The van der Waals surface area contributed by atoms with E-state index < -0.39 is 0 Å². The highest BCUT2D eigenvalue weighted by atomic mass is 32.1. The standard InChI is InChI=1S/C14H17NO2S/c1-9-7-8-12(18-9)13(15)10-5-4-6-11(16-2)14(10)17-3/h4-8,13H,15H2,1-3H3. The lowest BCUT2D eigenvalue weighted by molar-refractivity contribution is 0.350. The fourth-order valence-corrected chi connectivity index (χ4v) is 2.83. The van der Waals surface area contributed by atoms with Crippen molar-refractivity contribution in [1.82, 2.24) is 0 Å². The maximum absolute atomic E-state index is 6.30. The summed E-state index contributed by atoms with van der Waals surface area (Å²) in [6, 6.07) is 9.72. The number of thiophene rings is 1. The molecule has 0 aliphatic rings. The molecule has 2 rings (SSSR count). The predicted octanol–water partition coefficient (Wildman–Crippen LogP) is 3.12. The van der Waals surface area contributed by atoms with Gasteiger partial charge in [0.25, 0.3) is 0 Å². The smallest absolute Gasteiger partial charge is 0.165 e. The Kier molecular flexibility index (Phi) is 3.89. The summed E-state index contributed by atoms with van der Waals surface area (Å²) in [5.74, 6) is 1.41. The van der Waals surface area contributed by atoms with Gasteiger partial charge in [-0.05, 0) is 25.1 Å². The number of hydrogen-bond donors (Lipinski definition) is 1. The van der Waals surface area contributed by atoms with Gasteiger partial charge in [0, 0.05) is 15.3 Å². The lowest BCUT2D eigenvalue weighted by atomic mass is 10.0. The van der Waals surface area contributed by atoms with Crippen LogP contribution in [-0.2, 0) is 0 Å². The Morgan fingerprint density at radius 2 is 1.89 bits per heavy atom. The van der Waals surface area contributed by atoms with E-state index in [1.54, 1.807) is 25.6 Å². The molecule has 0 fully saturated rings. The molecule has 3 nitrogen and oxygen atoms in total. The van der Waals surface area contributed by atoms with Crippen LogP contribution in [0.4, 0.5) is 0 Å². The van der Waals surface area contributed by atoms with Gasteiger partial charge < -0.3 is 15.2 Å². The first kappa shape index (κ1) is 12.9. The topological polar surface area (TPSA) is 44.5 Å². The average molecular weight is 263 g/mol. The number of aryl methyl sites for hydroxylation is 1. The molecule has 4 heteroatoms. The zero-order valence-corrected chi connectivity index (χ0v) is 11.6. The van der Waals surface area contributed by atoms with Crippen molar-refractivity contribution in [3.63, 3.8) is 0 Å². The first-order valence-corrected chi connectivity index (χ1v) is 6.51. The number of benzene rings is 1. The van der Waals surface area contributed by atoms with Gasteiger partial charge in [0.2, 0.25) is 0 Å². The van der Waals surface area contributed by atoms with Crippen LogP contribution < -0.4 is 15.2 Å². The highest BCUT2D eigenvalue weighted by Gasteiger charge is 2.18. The Morgan fingerprint density at radius 3 is 2.44 bits per heavy atom. The Bertz CT molecular complexity index is 536. The molecular formula is C14H17NO2S. The first-order valence-electron chi connectivity index (χ1n) is 5.70. The summed E-state index contributed by atoms with van der Waals surface area (Å²) in [5.41, 5.74) is 7.25. The van der Waals surface area contributed by atoms with Crippen LogP contribution in [-0.4, -0.2) is 14.2 Å². The molecule has 96 valence electrons. The summed E-state index contributed by atoms with van der Waals surface area (Å²) in [7, 11) is 3.26. The summed E-state index contributed by atoms with van der Waals surface area (Å²) < 4.78 is 10.7. The van der Waals surface area contributed by atoms with Crippen molar-refractivity contribution in [3.8, 4) is 11.5 Å². The predicted molar refractivity (Wildman–Crippen MR) is 74.6 cm³/mol. The monoisotopic (exact) mass is 263 g/mol. The number of para-hydroxylation sites is 1. The molecule has 1 unspecified atom stereocenters. The molecule has 2 N–H and O–H groups in total. The molecule has 18 heavy (non-hydrogen) atoms. The van der Waals surface area contributed by atoms with Gasteiger partial charge in [0.15, 0.2) is 11.5 Å². The molecule has 0 saturated carbocycles. The van der Waals surface area contributed by atoms with E-state index in [4.69, 9.17) is 15.2 Å². The molecule has 0 spiro atoms. The molecule has 0 amide bonds. The van der Waals surface area contributed by atoms with Gasteiger partial charge in [-0.1, -0.05) is 12.1 Å². The Balaban J connectivity index is 2.44. The van der Waals surface area contributed by atoms with Crippen LogP contribution in [0.2, 0.25) is 0 Å². The van der Waals surface area contributed by atoms with Crippen molar-refractivity contribution in [3.05, 3.63) is 45.6 Å². The second kappa shape index (κ2) is 5.42. The molecule has 2 aromatic rings. The van der Waals surface area contributed by atoms with Crippen molar-refractivity contribution in [2.75, 3.05) is 14.2 Å². The van der Waals surface area contributed by atoms with Crippen molar-refractivity contribution in [1.29, 1.82) is 0 Å². The molecule has 0 radical (unpaired) electrons. The van der Waals surface area contributed by atoms with Crippen molar-refractivity contribution in [2.45, 2.75) is 13.0 Å². The van der Waals surface area contributed by atoms with E-state index >= 15 is 0 Å². The molecular weight excluding hydrogens is 246 g/mol. The zero-order chi connectivity index (χ0) is 13.1. The van der Waals surface area contributed by atoms with Crippen LogP contribution in [0.1, 0.15) is 21.4 Å². The van der Waals surface area contributed by atoms with Gasteiger partial charge in [-0.3, -0.25) is 0 Å². The molecule has 1 atom stereocenters. The summed E-state index contributed by atoms with van der Waals surface area (Å²) in [6.07, 6.45) is 0. The van der Waals surface area contributed by atoms with E-state index in [0.29, 0.717) is 11.5 Å². The first-order chi connectivity index (χ1) is 8.67. The maximum Gasteiger partial charge on any atom is 0.165 e. The second-order valence-corrected chi connectivity index (χ2v) is 5.33. The molecule has 0 aliphatic heterocycles. The van der Waals surface area contributed by atoms with Crippen LogP contribution in [0.15, 0.2) is 30.3 Å². The van der Waals surface area contributed by atoms with Gasteiger partial charge >= 0.3 is 0 Å². The largest absolute Gasteiger partial charge is 0.493 e. The molecule has 1 aromatic carbocycles. The second-order valence-electron chi connectivity index (χ2n) is 4.01. The number of hydrogen-bond acceptors (Lipinski definition) is 4. The third-order valence-corrected chi connectivity index (χ3v) is 3.92. The average Bonchev–Trinajstić information content (AvgIpc) is 2.83. The molecule has 0 saturated heterocycles. The quantitative estimate of drug-likeness (QED) is 0.921. The van der Waals surface area contributed by atoms with Gasteiger partial charge in [-0.15, -0.1) is 11.3 Å². The lowest BCUT2D eigenvalue weighted by Gasteiger charge is -2.16. The van der Waals surface area contributed by atoms with Gasteiger partial charge in [0.1, 0.15) is 0 Å². The lowest BCUT2D eigenvalue weighted by Crippen LogP contribution is -2.12. The van der Waals surface area contributed by atoms with E-state index in [9.17, 15) is 0 Å². The van der Waals surface area contributed by atoms with Crippen LogP contribution in [0.5, 0.6) is 11.5 Å². The molecule has 1 heterocycles. The van der Waals surface area contributed by atoms with E-state index in [0.717, 1.165) is 10.4 Å². The maximum atomic E-state index is 6.30.